The van der Waals surface area contributed by atoms with Gasteiger partial charge in [-0.3, -0.25) is 20.2 Å². The van der Waals surface area contributed by atoms with Gasteiger partial charge in [-0.25, -0.2) is 0 Å². The summed E-state index contributed by atoms with van der Waals surface area (Å²) < 4.78 is 0. The minimum atomic E-state index is -0.580. The first kappa shape index (κ1) is 17.1. The van der Waals surface area contributed by atoms with Gasteiger partial charge in [0.05, 0.1) is 15.0 Å². The number of hydrogen-bond acceptors (Lipinski definition) is 4. The number of anilines is 1. The van der Waals surface area contributed by atoms with Crippen molar-refractivity contribution < 1.29 is 9.72 Å². The molecule has 0 bridgehead atoms. The molecule has 0 aliphatic heterocycles. The van der Waals surface area contributed by atoms with Gasteiger partial charge in [-0.2, -0.15) is 0 Å². The van der Waals surface area contributed by atoms with Crippen molar-refractivity contribution in [2.75, 3.05) is 5.32 Å². The van der Waals surface area contributed by atoms with Gasteiger partial charge < -0.3 is 5.32 Å². The SMILES string of the molecule is O=C(NC(=S)Nc1ccc(Cl)c(Cl)c1)c1cccc([N+](=O)[O-])c1. The fourth-order valence-electron chi connectivity index (χ4n) is 1.67. The predicted octanol–water partition coefficient (Wildman–Crippen LogP) is 4.03. The van der Waals surface area contributed by atoms with Crippen LogP contribution in [0.1, 0.15) is 10.4 Å². The molecule has 0 aliphatic rings. The van der Waals surface area contributed by atoms with Crippen LogP contribution in [0.15, 0.2) is 42.5 Å². The van der Waals surface area contributed by atoms with Gasteiger partial charge >= 0.3 is 0 Å². The number of nitro groups is 1. The summed E-state index contributed by atoms with van der Waals surface area (Å²) in [7, 11) is 0. The summed E-state index contributed by atoms with van der Waals surface area (Å²) in [5.41, 5.74) is 0.488. The zero-order valence-corrected chi connectivity index (χ0v) is 13.7. The molecule has 2 rings (SSSR count). The number of thiocarbonyl (C=S) groups is 1. The van der Waals surface area contributed by atoms with E-state index in [1.165, 1.54) is 18.2 Å². The lowest BCUT2D eigenvalue weighted by atomic mass is 10.2. The van der Waals surface area contributed by atoms with Gasteiger partial charge in [-0.15, -0.1) is 0 Å². The number of nitrogens with zero attached hydrogens (tertiary/aromatic N) is 1. The topological polar surface area (TPSA) is 84.3 Å². The van der Waals surface area contributed by atoms with Crippen molar-refractivity contribution in [2.24, 2.45) is 0 Å². The second-order valence-electron chi connectivity index (χ2n) is 4.34. The zero-order chi connectivity index (χ0) is 17.0. The molecule has 0 unspecified atom stereocenters. The Hall–Kier alpha value is -2.22. The Morgan fingerprint density at radius 1 is 1.13 bits per heavy atom. The number of rotatable bonds is 3. The van der Waals surface area contributed by atoms with Crippen LogP contribution >= 0.6 is 35.4 Å². The van der Waals surface area contributed by atoms with E-state index in [4.69, 9.17) is 35.4 Å². The van der Waals surface area contributed by atoms with E-state index in [9.17, 15) is 14.9 Å². The van der Waals surface area contributed by atoms with E-state index in [1.54, 1.807) is 18.2 Å². The smallest absolute Gasteiger partial charge is 0.270 e. The van der Waals surface area contributed by atoms with Crippen LogP contribution in [0, 0.1) is 10.1 Å². The lowest BCUT2D eigenvalue weighted by Gasteiger charge is -2.10. The number of carbonyl (C=O) groups is 1. The van der Waals surface area contributed by atoms with Crippen LogP contribution in [0.4, 0.5) is 11.4 Å². The van der Waals surface area contributed by atoms with Crippen LogP contribution in [0.5, 0.6) is 0 Å². The number of hydrogen-bond donors (Lipinski definition) is 2. The highest BCUT2D eigenvalue weighted by molar-refractivity contribution is 7.80. The highest BCUT2D eigenvalue weighted by Gasteiger charge is 2.12. The van der Waals surface area contributed by atoms with Crippen LogP contribution in [-0.2, 0) is 0 Å². The molecule has 118 valence electrons. The fourth-order valence-corrected chi connectivity index (χ4v) is 2.18. The molecule has 23 heavy (non-hydrogen) atoms. The average Bonchev–Trinajstić information content (AvgIpc) is 2.51. The van der Waals surface area contributed by atoms with Gasteiger partial charge in [0, 0.05) is 23.4 Å². The maximum atomic E-state index is 12.0. The number of non-ortho nitro benzene ring substituents is 1. The van der Waals surface area contributed by atoms with Gasteiger partial charge in [-0.1, -0.05) is 29.3 Å². The van der Waals surface area contributed by atoms with Gasteiger partial charge in [0.25, 0.3) is 11.6 Å². The van der Waals surface area contributed by atoms with Crippen LogP contribution in [-0.4, -0.2) is 15.9 Å². The van der Waals surface area contributed by atoms with E-state index in [2.05, 4.69) is 10.6 Å². The summed E-state index contributed by atoms with van der Waals surface area (Å²) in [6.07, 6.45) is 0. The minimum Gasteiger partial charge on any atom is -0.332 e. The third-order valence-electron chi connectivity index (χ3n) is 2.72. The third-order valence-corrected chi connectivity index (χ3v) is 3.67. The highest BCUT2D eigenvalue weighted by Crippen LogP contribution is 2.24. The second kappa shape index (κ2) is 7.36. The molecule has 2 aromatic carbocycles. The van der Waals surface area contributed by atoms with Gasteiger partial charge in [0.1, 0.15) is 0 Å². The Morgan fingerprint density at radius 3 is 2.52 bits per heavy atom. The standard InChI is InChI=1S/C14H9Cl2N3O3S/c15-11-5-4-9(7-12(11)16)17-14(23)18-13(20)8-2-1-3-10(6-8)19(21)22/h1-7H,(H2,17,18,20,23). The maximum Gasteiger partial charge on any atom is 0.270 e. The molecule has 0 spiro atoms. The number of amides is 1. The normalized spacial score (nSPS) is 10.0. The Morgan fingerprint density at radius 2 is 1.87 bits per heavy atom. The molecule has 1 amide bonds. The first-order valence-corrected chi connectivity index (χ1v) is 7.35. The minimum absolute atomic E-state index is 0.0277. The fraction of sp³-hybridized carbons (Fsp3) is 0. The van der Waals surface area contributed by atoms with E-state index < -0.39 is 10.8 Å². The second-order valence-corrected chi connectivity index (χ2v) is 5.57. The molecule has 0 aliphatic carbocycles. The first-order valence-electron chi connectivity index (χ1n) is 6.18. The molecule has 0 heterocycles. The number of benzene rings is 2. The summed E-state index contributed by atoms with van der Waals surface area (Å²) >= 11 is 16.7. The van der Waals surface area contributed by atoms with Crippen molar-refractivity contribution in [3.05, 3.63) is 68.2 Å². The summed E-state index contributed by atoms with van der Waals surface area (Å²) in [4.78, 5) is 22.2. The van der Waals surface area contributed by atoms with Crippen molar-refractivity contribution in [3.8, 4) is 0 Å². The highest BCUT2D eigenvalue weighted by atomic mass is 35.5. The molecule has 0 atom stereocenters. The Bertz CT molecular complexity index is 799. The first-order chi connectivity index (χ1) is 10.9. The average molecular weight is 370 g/mol. The maximum absolute atomic E-state index is 12.0. The number of nitrogens with one attached hydrogen (secondary N) is 2. The molecule has 0 aromatic heterocycles. The Kier molecular flexibility index (Phi) is 5.49. The van der Waals surface area contributed by atoms with Crippen molar-refractivity contribution in [1.29, 1.82) is 0 Å². The molecular formula is C14H9Cl2N3O3S. The predicted molar refractivity (Wildman–Crippen MR) is 93.2 cm³/mol. The molecule has 6 nitrogen and oxygen atoms in total. The summed E-state index contributed by atoms with van der Waals surface area (Å²) in [6, 6.07) is 10.1. The molecule has 0 saturated heterocycles. The van der Waals surface area contributed by atoms with Crippen molar-refractivity contribution in [1.82, 2.24) is 5.32 Å². The van der Waals surface area contributed by atoms with E-state index >= 15 is 0 Å². The van der Waals surface area contributed by atoms with E-state index in [1.807, 2.05) is 0 Å². The molecule has 9 heteroatoms. The van der Waals surface area contributed by atoms with Crippen LogP contribution in [0.2, 0.25) is 10.0 Å². The van der Waals surface area contributed by atoms with E-state index in [0.717, 1.165) is 6.07 Å². The zero-order valence-electron chi connectivity index (χ0n) is 11.4. The summed E-state index contributed by atoms with van der Waals surface area (Å²) in [6.45, 7) is 0. The van der Waals surface area contributed by atoms with Crippen molar-refractivity contribution in [3.63, 3.8) is 0 Å². The Labute approximate surface area is 146 Å². The quantitative estimate of drug-likeness (QED) is 0.484. The van der Waals surface area contributed by atoms with Gasteiger partial charge in [-0.05, 0) is 36.5 Å². The van der Waals surface area contributed by atoms with Gasteiger partial charge in [0.15, 0.2) is 5.11 Å². The van der Waals surface area contributed by atoms with Crippen molar-refractivity contribution in [2.45, 2.75) is 0 Å². The van der Waals surface area contributed by atoms with Gasteiger partial charge in [0.2, 0.25) is 0 Å². The largest absolute Gasteiger partial charge is 0.332 e. The molecule has 2 N–H and O–H groups in total. The monoisotopic (exact) mass is 369 g/mol. The summed E-state index contributed by atoms with van der Waals surface area (Å²) in [5.74, 6) is -0.564. The molecule has 2 aromatic rings. The number of nitro benzene ring substituents is 1. The van der Waals surface area contributed by atoms with Crippen LogP contribution in [0.25, 0.3) is 0 Å². The van der Waals surface area contributed by atoms with Crippen LogP contribution < -0.4 is 10.6 Å². The van der Waals surface area contributed by atoms with Crippen LogP contribution in [0.3, 0.4) is 0 Å². The third kappa shape index (κ3) is 4.62. The lowest BCUT2D eigenvalue weighted by Crippen LogP contribution is -2.34. The molecule has 0 saturated carbocycles. The number of carbonyl (C=O) groups excluding carboxylic acids is 1. The van der Waals surface area contributed by atoms with E-state index in [-0.39, 0.29) is 16.4 Å². The van der Waals surface area contributed by atoms with Crippen molar-refractivity contribution >= 4 is 57.8 Å². The molecular weight excluding hydrogens is 361 g/mol. The number of halogens is 2. The molecule has 0 fully saturated rings. The summed E-state index contributed by atoms with van der Waals surface area (Å²) in [5, 5.41) is 16.7. The molecule has 0 radical (unpaired) electrons. The lowest BCUT2D eigenvalue weighted by molar-refractivity contribution is -0.384. The van der Waals surface area contributed by atoms with E-state index in [0.29, 0.717) is 15.7 Å². The Balaban J connectivity index is 2.04.